The van der Waals surface area contributed by atoms with Gasteiger partial charge in [-0.15, -0.1) is 11.3 Å². The van der Waals surface area contributed by atoms with Gasteiger partial charge in [-0.3, -0.25) is 4.90 Å². The van der Waals surface area contributed by atoms with Gasteiger partial charge in [0.1, 0.15) is 47.6 Å². The Kier molecular flexibility index (Phi) is 5.89. The molecule has 2 atom stereocenters. The van der Waals surface area contributed by atoms with Gasteiger partial charge in [0.25, 0.3) is 0 Å². The normalized spacial score (nSPS) is 22.1. The first-order valence-electron chi connectivity index (χ1n) is 12.8. The minimum absolute atomic E-state index is 0.0361. The van der Waals surface area contributed by atoms with Gasteiger partial charge in [-0.1, -0.05) is 17.7 Å². The summed E-state index contributed by atoms with van der Waals surface area (Å²) in [6.07, 6.45) is 1.18. The van der Waals surface area contributed by atoms with Crippen molar-refractivity contribution in [1.29, 1.82) is 5.26 Å². The van der Waals surface area contributed by atoms with E-state index >= 15 is 4.39 Å². The van der Waals surface area contributed by atoms with Crippen molar-refractivity contribution in [3.05, 3.63) is 34.4 Å². The molecule has 7 rings (SSSR count). The van der Waals surface area contributed by atoms with E-state index < -0.39 is 23.3 Å². The number of nitriles is 1. The number of alkyl halides is 1. The van der Waals surface area contributed by atoms with Crippen LogP contribution in [0.4, 0.5) is 24.0 Å². The number of nitrogens with one attached hydrogen (secondary N) is 1. The molecule has 0 radical (unpaired) electrons. The van der Waals surface area contributed by atoms with E-state index in [-0.39, 0.29) is 78.5 Å². The van der Waals surface area contributed by atoms with Crippen molar-refractivity contribution in [2.45, 2.75) is 31.0 Å². The Balaban J connectivity index is 1.41. The summed E-state index contributed by atoms with van der Waals surface area (Å²) >= 11 is 7.69. The number of thiophene rings is 1. The molecule has 206 valence electrons. The Labute approximate surface area is 235 Å². The quantitative estimate of drug-likeness (QED) is 0.315. The van der Waals surface area contributed by atoms with E-state index in [4.69, 9.17) is 26.8 Å². The number of benzene rings is 2. The van der Waals surface area contributed by atoms with Gasteiger partial charge in [0.05, 0.1) is 32.8 Å². The van der Waals surface area contributed by atoms with Crippen molar-refractivity contribution in [3.63, 3.8) is 0 Å². The summed E-state index contributed by atoms with van der Waals surface area (Å²) in [6.45, 7) is 1.90. The Morgan fingerprint density at radius 3 is 3.00 bits per heavy atom. The highest BCUT2D eigenvalue weighted by Gasteiger charge is 2.49. The Morgan fingerprint density at radius 1 is 1.32 bits per heavy atom. The number of hydrogen-bond donors (Lipinski definition) is 2. The summed E-state index contributed by atoms with van der Waals surface area (Å²) in [4.78, 5) is 11.0. The maximum absolute atomic E-state index is 16.5. The molecule has 3 N–H and O–H groups in total. The maximum atomic E-state index is 16.5. The zero-order valence-corrected chi connectivity index (χ0v) is 22.6. The van der Waals surface area contributed by atoms with Gasteiger partial charge < -0.3 is 20.5 Å². The second-order valence-electron chi connectivity index (χ2n) is 10.3. The molecule has 3 aliphatic heterocycles. The third kappa shape index (κ3) is 3.68. The molecule has 0 saturated carbocycles. The lowest BCUT2D eigenvalue weighted by Crippen LogP contribution is -2.43. The molecule has 2 saturated heterocycles. The highest BCUT2D eigenvalue weighted by molar-refractivity contribution is 7.23. The van der Waals surface area contributed by atoms with Crippen molar-refractivity contribution in [3.8, 4) is 29.0 Å². The molecule has 8 nitrogen and oxygen atoms in total. The Morgan fingerprint density at radius 2 is 2.17 bits per heavy atom. The number of anilines is 2. The molecule has 2 aromatic heterocycles. The summed E-state index contributed by atoms with van der Waals surface area (Å²) in [5.41, 5.74) is 5.58. The summed E-state index contributed by atoms with van der Waals surface area (Å²) in [5.74, 6) is -0.944. The number of halogens is 4. The minimum atomic E-state index is -0.924. The van der Waals surface area contributed by atoms with Crippen molar-refractivity contribution in [2.75, 3.05) is 43.9 Å². The number of rotatable bonds is 4. The molecule has 2 fully saturated rings. The molecular weight excluding hydrogens is 565 g/mol. The maximum Gasteiger partial charge on any atom is 0.319 e. The summed E-state index contributed by atoms with van der Waals surface area (Å²) in [7, 11) is 0. The molecule has 13 heteroatoms. The number of nitrogens with two attached hydrogens (primary N) is 1. The van der Waals surface area contributed by atoms with Crippen LogP contribution in [-0.4, -0.2) is 59.4 Å². The molecule has 3 aliphatic rings. The fourth-order valence-corrected chi connectivity index (χ4v) is 7.58. The average molecular weight is 587 g/mol. The molecule has 40 heavy (non-hydrogen) atoms. The van der Waals surface area contributed by atoms with E-state index in [1.165, 1.54) is 12.1 Å². The van der Waals surface area contributed by atoms with Crippen molar-refractivity contribution < 1.29 is 22.6 Å². The first-order valence-corrected chi connectivity index (χ1v) is 14.0. The van der Waals surface area contributed by atoms with Crippen molar-refractivity contribution >= 4 is 54.7 Å². The summed E-state index contributed by atoms with van der Waals surface area (Å²) in [6, 6.07) is 4.48. The van der Waals surface area contributed by atoms with Crippen LogP contribution in [0.25, 0.3) is 32.1 Å². The van der Waals surface area contributed by atoms with Crippen LogP contribution in [0.5, 0.6) is 11.8 Å². The van der Waals surface area contributed by atoms with Crippen LogP contribution in [0.1, 0.15) is 24.8 Å². The number of fused-ring (bicyclic) bond motifs is 2. The predicted octanol–water partition coefficient (Wildman–Crippen LogP) is 5.66. The van der Waals surface area contributed by atoms with Gasteiger partial charge in [0.15, 0.2) is 11.6 Å². The summed E-state index contributed by atoms with van der Waals surface area (Å²) in [5, 5.41) is 13.3. The van der Waals surface area contributed by atoms with Gasteiger partial charge in [-0.05, 0) is 31.0 Å². The first kappa shape index (κ1) is 25.4. The molecule has 0 aliphatic carbocycles. The molecule has 5 heterocycles. The standard InChI is InChI=1S/C27H22ClF3N6O2S/c28-19-17(13-2-3-15(30)23-16(13)14(9-32)24(33)40-23)20(31)21-18-22(19)38-7-5-34-25(18)36-26(35-21)39-11-27-4-1-6-37(27)10-12(29)8-27/h2-3,12H,1,4-8,10-11,33H2,(H,34,35,36)/t12-,27+/m1/s1. The number of aromatic nitrogens is 2. The van der Waals surface area contributed by atoms with Gasteiger partial charge in [0, 0.05) is 23.9 Å². The minimum Gasteiger partial charge on any atom is -0.489 e. The highest BCUT2D eigenvalue weighted by Crippen LogP contribution is 2.50. The fourth-order valence-electron chi connectivity index (χ4n) is 6.30. The third-order valence-corrected chi connectivity index (χ3v) is 9.42. The molecule has 4 aromatic rings. The molecule has 0 bridgehead atoms. The largest absolute Gasteiger partial charge is 0.489 e. The fraction of sp³-hybridized carbons (Fsp3) is 0.370. The molecular formula is C27H22ClF3N6O2S. The monoisotopic (exact) mass is 586 g/mol. The molecule has 2 aromatic carbocycles. The number of nitrogen functional groups attached to an aromatic ring is 1. The second kappa shape index (κ2) is 9.26. The first-order chi connectivity index (χ1) is 19.3. The van der Waals surface area contributed by atoms with Crippen LogP contribution in [0.2, 0.25) is 5.02 Å². The van der Waals surface area contributed by atoms with Crippen LogP contribution in [0.3, 0.4) is 0 Å². The van der Waals surface area contributed by atoms with Gasteiger partial charge in [0.2, 0.25) is 0 Å². The predicted molar refractivity (Wildman–Crippen MR) is 147 cm³/mol. The lowest BCUT2D eigenvalue weighted by atomic mass is 9.95. The van der Waals surface area contributed by atoms with Crippen LogP contribution >= 0.6 is 22.9 Å². The van der Waals surface area contributed by atoms with Gasteiger partial charge >= 0.3 is 6.01 Å². The van der Waals surface area contributed by atoms with Crippen LogP contribution in [-0.2, 0) is 0 Å². The van der Waals surface area contributed by atoms with E-state index in [1.54, 1.807) is 0 Å². The average Bonchev–Trinajstić information content (AvgIpc) is 3.51. The third-order valence-electron chi connectivity index (χ3n) is 8.03. The van der Waals surface area contributed by atoms with Gasteiger partial charge in [-0.25, -0.2) is 13.2 Å². The van der Waals surface area contributed by atoms with E-state index in [1.807, 2.05) is 6.07 Å². The van der Waals surface area contributed by atoms with Crippen molar-refractivity contribution in [2.24, 2.45) is 0 Å². The molecule has 0 amide bonds. The zero-order valence-electron chi connectivity index (χ0n) is 21.0. The number of ether oxygens (including phenoxy) is 2. The highest BCUT2D eigenvalue weighted by atomic mass is 35.5. The zero-order chi connectivity index (χ0) is 27.8. The number of nitrogens with zero attached hydrogens (tertiary/aromatic N) is 4. The van der Waals surface area contributed by atoms with E-state index in [0.717, 1.165) is 30.7 Å². The van der Waals surface area contributed by atoms with E-state index in [9.17, 15) is 14.0 Å². The van der Waals surface area contributed by atoms with E-state index in [0.29, 0.717) is 19.5 Å². The van der Waals surface area contributed by atoms with Crippen molar-refractivity contribution in [1.82, 2.24) is 14.9 Å². The second-order valence-corrected chi connectivity index (χ2v) is 11.7. The topological polar surface area (TPSA) is 109 Å². The lowest BCUT2D eigenvalue weighted by Gasteiger charge is -2.30. The van der Waals surface area contributed by atoms with Gasteiger partial charge in [-0.2, -0.15) is 15.2 Å². The molecule has 0 unspecified atom stereocenters. The SMILES string of the molecule is N#Cc1c(N)sc2c(F)ccc(-c3c(Cl)c4c5c(nc(OC[C@@]67CCCN6C[C@H](F)C7)nc5c3F)NCCO4)c12. The smallest absolute Gasteiger partial charge is 0.319 e. The molecule has 0 spiro atoms. The van der Waals surface area contributed by atoms with Crippen LogP contribution in [0.15, 0.2) is 12.1 Å². The van der Waals surface area contributed by atoms with Crippen LogP contribution in [0, 0.1) is 23.0 Å². The number of hydrogen-bond acceptors (Lipinski definition) is 9. The summed E-state index contributed by atoms with van der Waals surface area (Å²) < 4.78 is 57.6. The lowest BCUT2D eigenvalue weighted by molar-refractivity contribution is 0.107. The Hall–Kier alpha value is -3.53. The van der Waals surface area contributed by atoms with E-state index in [2.05, 4.69) is 20.2 Å². The Bertz CT molecular complexity index is 1760. The van der Waals surface area contributed by atoms with Crippen LogP contribution < -0.4 is 20.5 Å².